The summed E-state index contributed by atoms with van der Waals surface area (Å²) < 4.78 is 23.6. The van der Waals surface area contributed by atoms with E-state index in [1.54, 1.807) is 0 Å². The number of benzene rings is 1. The van der Waals surface area contributed by atoms with E-state index in [1.807, 2.05) is 0 Å². The Balaban J connectivity index is 2.52. The third-order valence-corrected chi connectivity index (χ3v) is 6.08. The van der Waals surface area contributed by atoms with Crippen LogP contribution in [0, 0.1) is 0 Å². The van der Waals surface area contributed by atoms with Crippen molar-refractivity contribution in [2.75, 3.05) is 0 Å². The second-order valence-electron chi connectivity index (χ2n) is 7.94. The SMILES string of the molecule is CC(C)OC(C[Si]c1ccc([Si]CC(OC(C)C)OC(C)C)cc1)OC(C)C. The van der Waals surface area contributed by atoms with E-state index in [2.05, 4.69) is 79.7 Å². The fourth-order valence-corrected chi connectivity index (χ4v) is 4.57. The number of ether oxygens (including phenoxy) is 4. The first-order valence-corrected chi connectivity index (χ1v) is 12.8. The number of hydrogen-bond donors (Lipinski definition) is 0. The molecule has 0 aliphatic carbocycles. The second kappa shape index (κ2) is 13.7. The lowest BCUT2D eigenvalue weighted by Gasteiger charge is -2.23. The maximum Gasteiger partial charge on any atom is 0.155 e. The minimum absolute atomic E-state index is 0.137. The highest BCUT2D eigenvalue weighted by molar-refractivity contribution is 6.55. The molecule has 0 bridgehead atoms. The van der Waals surface area contributed by atoms with Gasteiger partial charge in [0.2, 0.25) is 0 Å². The Hall–Kier alpha value is -0.506. The van der Waals surface area contributed by atoms with Gasteiger partial charge in [0.25, 0.3) is 0 Å². The van der Waals surface area contributed by atoms with Crippen LogP contribution in [0.4, 0.5) is 0 Å². The average Bonchev–Trinajstić information content (AvgIpc) is 2.56. The summed E-state index contributed by atoms with van der Waals surface area (Å²) in [6.45, 7) is 16.4. The standard InChI is InChI=1S/C22H38O4Si2/c1-15(2)23-21(24-16(3)4)13-27-19-9-11-20(12-10-19)28-14-22(25-17(5)6)26-18(7)8/h9-12,15-18,21-22H,13-14H2,1-8H3. The van der Waals surface area contributed by atoms with Crippen molar-refractivity contribution < 1.29 is 18.9 Å². The molecule has 158 valence electrons. The molecule has 0 aliphatic rings. The van der Waals surface area contributed by atoms with Crippen molar-refractivity contribution in [1.82, 2.24) is 0 Å². The summed E-state index contributed by atoms with van der Waals surface area (Å²) in [6, 6.07) is 10.7. The molecule has 0 N–H and O–H groups in total. The Bertz CT molecular complexity index is 451. The molecule has 0 heterocycles. The van der Waals surface area contributed by atoms with E-state index in [0.717, 1.165) is 12.1 Å². The summed E-state index contributed by atoms with van der Waals surface area (Å²) in [6.07, 6.45) is 0.416. The number of rotatable bonds is 14. The minimum Gasteiger partial charge on any atom is -0.350 e. The van der Waals surface area contributed by atoms with Crippen LogP contribution < -0.4 is 10.4 Å². The summed E-state index contributed by atoms with van der Waals surface area (Å²) in [5.41, 5.74) is 0. The van der Waals surface area contributed by atoms with E-state index in [-0.39, 0.29) is 37.0 Å². The molecule has 4 radical (unpaired) electrons. The van der Waals surface area contributed by atoms with Gasteiger partial charge in [-0.1, -0.05) is 34.6 Å². The summed E-state index contributed by atoms with van der Waals surface area (Å²) in [5.74, 6) is 0. The van der Waals surface area contributed by atoms with Crippen LogP contribution in [-0.4, -0.2) is 56.0 Å². The molecule has 0 spiro atoms. The van der Waals surface area contributed by atoms with Crippen molar-refractivity contribution in [2.24, 2.45) is 0 Å². The van der Waals surface area contributed by atoms with Gasteiger partial charge in [0.05, 0.1) is 43.5 Å². The van der Waals surface area contributed by atoms with Gasteiger partial charge < -0.3 is 18.9 Å². The predicted molar refractivity (Wildman–Crippen MR) is 119 cm³/mol. The molecule has 0 saturated heterocycles. The van der Waals surface area contributed by atoms with Gasteiger partial charge in [-0.05, 0) is 67.5 Å². The molecule has 28 heavy (non-hydrogen) atoms. The van der Waals surface area contributed by atoms with Crippen LogP contribution in [0.5, 0.6) is 0 Å². The highest BCUT2D eigenvalue weighted by Crippen LogP contribution is 2.09. The smallest absolute Gasteiger partial charge is 0.155 e. The van der Waals surface area contributed by atoms with Crippen LogP contribution in [0.3, 0.4) is 0 Å². The molecule has 0 atom stereocenters. The lowest BCUT2D eigenvalue weighted by atomic mass is 10.4. The van der Waals surface area contributed by atoms with E-state index in [0.29, 0.717) is 19.0 Å². The Kier molecular flexibility index (Phi) is 12.5. The highest BCUT2D eigenvalue weighted by Gasteiger charge is 2.16. The Labute approximate surface area is 177 Å². The first-order chi connectivity index (χ1) is 13.2. The topological polar surface area (TPSA) is 36.9 Å². The molecule has 0 aliphatic heterocycles. The van der Waals surface area contributed by atoms with E-state index in [4.69, 9.17) is 18.9 Å². The molecule has 0 unspecified atom stereocenters. The van der Waals surface area contributed by atoms with E-state index >= 15 is 0 Å². The van der Waals surface area contributed by atoms with E-state index in [1.165, 1.54) is 10.4 Å². The molecular formula is C22H38O4Si2. The monoisotopic (exact) mass is 422 g/mol. The molecule has 6 heteroatoms. The third kappa shape index (κ3) is 12.1. The highest BCUT2D eigenvalue weighted by atomic mass is 28.2. The quantitative estimate of drug-likeness (QED) is 0.339. The number of hydrogen-bond acceptors (Lipinski definition) is 4. The van der Waals surface area contributed by atoms with Crippen molar-refractivity contribution in [3.05, 3.63) is 24.3 Å². The maximum absolute atomic E-state index is 5.89. The van der Waals surface area contributed by atoms with E-state index in [9.17, 15) is 0 Å². The van der Waals surface area contributed by atoms with Crippen LogP contribution >= 0.6 is 0 Å². The van der Waals surface area contributed by atoms with Crippen molar-refractivity contribution >= 4 is 29.4 Å². The van der Waals surface area contributed by atoms with Gasteiger partial charge in [-0.3, -0.25) is 0 Å². The third-order valence-electron chi connectivity index (χ3n) is 3.53. The fourth-order valence-electron chi connectivity index (χ4n) is 2.58. The first-order valence-electron chi connectivity index (χ1n) is 10.3. The lowest BCUT2D eigenvalue weighted by Crippen LogP contribution is -2.30. The van der Waals surface area contributed by atoms with Crippen molar-refractivity contribution in [2.45, 2.75) is 104 Å². The summed E-state index contributed by atoms with van der Waals surface area (Å²) in [7, 11) is 1.35. The second-order valence-corrected chi connectivity index (χ2v) is 10.6. The van der Waals surface area contributed by atoms with Crippen LogP contribution in [0.15, 0.2) is 24.3 Å². The van der Waals surface area contributed by atoms with Gasteiger partial charge in [0.1, 0.15) is 0 Å². The zero-order chi connectivity index (χ0) is 21.1. The molecular weight excluding hydrogens is 384 g/mol. The predicted octanol–water partition coefficient (Wildman–Crippen LogP) is 3.53. The zero-order valence-electron chi connectivity index (χ0n) is 18.8. The summed E-state index contributed by atoms with van der Waals surface area (Å²) >= 11 is 0. The largest absolute Gasteiger partial charge is 0.350 e. The van der Waals surface area contributed by atoms with Crippen molar-refractivity contribution in [3.8, 4) is 0 Å². The average molecular weight is 423 g/mol. The van der Waals surface area contributed by atoms with E-state index < -0.39 is 0 Å². The first kappa shape index (κ1) is 25.5. The fraction of sp³-hybridized carbons (Fsp3) is 0.727. The van der Waals surface area contributed by atoms with Gasteiger partial charge in [0, 0.05) is 0 Å². The molecule has 0 aromatic heterocycles. The van der Waals surface area contributed by atoms with Crippen LogP contribution in [0.2, 0.25) is 12.1 Å². The lowest BCUT2D eigenvalue weighted by molar-refractivity contribution is -0.169. The normalized spacial score (nSPS) is 12.5. The molecule has 4 nitrogen and oxygen atoms in total. The Morgan fingerprint density at radius 3 is 1.00 bits per heavy atom. The summed E-state index contributed by atoms with van der Waals surface area (Å²) in [4.78, 5) is 0. The van der Waals surface area contributed by atoms with Gasteiger partial charge in [0.15, 0.2) is 12.6 Å². The Morgan fingerprint density at radius 1 is 0.536 bits per heavy atom. The minimum atomic E-state index is -0.137. The van der Waals surface area contributed by atoms with Crippen LogP contribution in [0.1, 0.15) is 55.4 Å². The van der Waals surface area contributed by atoms with Crippen LogP contribution in [-0.2, 0) is 18.9 Å². The maximum atomic E-state index is 5.89. The molecule has 0 saturated carbocycles. The molecule has 1 rings (SSSR count). The molecule has 1 aromatic rings. The van der Waals surface area contributed by atoms with Crippen molar-refractivity contribution in [3.63, 3.8) is 0 Å². The Morgan fingerprint density at radius 2 is 0.786 bits per heavy atom. The molecule has 0 amide bonds. The van der Waals surface area contributed by atoms with Crippen LogP contribution in [0.25, 0.3) is 0 Å². The van der Waals surface area contributed by atoms with Gasteiger partial charge >= 0.3 is 0 Å². The summed E-state index contributed by atoms with van der Waals surface area (Å²) in [5, 5.41) is 2.68. The molecule has 0 fully saturated rings. The zero-order valence-corrected chi connectivity index (χ0v) is 20.8. The van der Waals surface area contributed by atoms with Gasteiger partial charge in [-0.25, -0.2) is 0 Å². The van der Waals surface area contributed by atoms with Gasteiger partial charge in [-0.2, -0.15) is 0 Å². The van der Waals surface area contributed by atoms with Crippen molar-refractivity contribution in [1.29, 1.82) is 0 Å². The van der Waals surface area contributed by atoms with Gasteiger partial charge in [-0.15, -0.1) is 0 Å². The molecule has 1 aromatic carbocycles.